The number of anilines is 1. The van der Waals surface area contributed by atoms with Gasteiger partial charge in [-0.15, -0.1) is 0 Å². The van der Waals surface area contributed by atoms with Crippen molar-refractivity contribution in [2.24, 2.45) is 0 Å². The highest BCUT2D eigenvalue weighted by molar-refractivity contribution is 6.31. The van der Waals surface area contributed by atoms with Crippen LogP contribution in [0.4, 0.5) is 10.1 Å². The molecule has 2 aromatic carbocycles. The van der Waals surface area contributed by atoms with E-state index in [2.05, 4.69) is 5.32 Å². The van der Waals surface area contributed by atoms with E-state index in [-0.39, 0.29) is 5.82 Å². The van der Waals surface area contributed by atoms with E-state index in [1.54, 1.807) is 24.3 Å². The highest BCUT2D eigenvalue weighted by atomic mass is 35.5. The van der Waals surface area contributed by atoms with Crippen LogP contribution in [0.5, 0.6) is 0 Å². The lowest BCUT2D eigenvalue weighted by atomic mass is 10.1. The number of halogens is 2. The molecule has 0 saturated heterocycles. The first kappa shape index (κ1) is 13.4. The zero-order valence-electron chi connectivity index (χ0n) is 10.4. The van der Waals surface area contributed by atoms with Crippen LogP contribution >= 0.6 is 11.6 Å². The van der Waals surface area contributed by atoms with Gasteiger partial charge in [-0.3, -0.25) is 0 Å². The van der Waals surface area contributed by atoms with Gasteiger partial charge in [-0.05, 0) is 42.3 Å². The largest absolute Gasteiger partial charge is 0.379 e. The maximum atomic E-state index is 13.6. The molecule has 0 unspecified atom stereocenters. The minimum Gasteiger partial charge on any atom is -0.379 e. The second-order valence-corrected chi connectivity index (χ2v) is 4.66. The molecule has 0 amide bonds. The summed E-state index contributed by atoms with van der Waals surface area (Å²) in [6.07, 6.45) is 0. The second-order valence-electron chi connectivity index (χ2n) is 4.25. The summed E-state index contributed by atoms with van der Waals surface area (Å²) in [5.74, 6) is -0.287. The van der Waals surface area contributed by atoms with Crippen LogP contribution in [0.1, 0.15) is 16.7 Å². The summed E-state index contributed by atoms with van der Waals surface area (Å²) in [7, 11) is 0. The van der Waals surface area contributed by atoms with Crippen molar-refractivity contribution in [3.05, 3.63) is 63.9 Å². The van der Waals surface area contributed by atoms with E-state index in [9.17, 15) is 4.39 Å². The fourth-order valence-corrected chi connectivity index (χ4v) is 1.96. The van der Waals surface area contributed by atoms with Gasteiger partial charge < -0.3 is 5.32 Å². The van der Waals surface area contributed by atoms with Gasteiger partial charge >= 0.3 is 0 Å². The molecule has 0 aliphatic heterocycles. The Labute approximate surface area is 116 Å². The Balaban J connectivity index is 2.13. The topological polar surface area (TPSA) is 35.8 Å². The summed E-state index contributed by atoms with van der Waals surface area (Å²) in [5, 5.41) is 12.2. The molecule has 0 aliphatic carbocycles. The third-order valence-electron chi connectivity index (χ3n) is 2.78. The Bertz CT molecular complexity index is 647. The maximum Gasteiger partial charge on any atom is 0.146 e. The molecule has 0 heterocycles. The van der Waals surface area contributed by atoms with E-state index in [0.717, 1.165) is 11.1 Å². The van der Waals surface area contributed by atoms with Crippen molar-refractivity contribution in [2.75, 3.05) is 5.32 Å². The lowest BCUT2D eigenvalue weighted by Crippen LogP contribution is -2.02. The van der Waals surface area contributed by atoms with Crippen LogP contribution in [0.15, 0.2) is 36.4 Å². The van der Waals surface area contributed by atoms with Gasteiger partial charge in [-0.1, -0.05) is 23.7 Å². The molecule has 0 atom stereocenters. The van der Waals surface area contributed by atoms with Crippen LogP contribution in [0.2, 0.25) is 5.02 Å². The average Bonchev–Trinajstić information content (AvgIpc) is 2.39. The van der Waals surface area contributed by atoms with Gasteiger partial charge in [0.1, 0.15) is 5.82 Å². The van der Waals surface area contributed by atoms with Crippen LogP contribution < -0.4 is 5.32 Å². The van der Waals surface area contributed by atoms with E-state index < -0.39 is 0 Å². The molecule has 0 fully saturated rings. The van der Waals surface area contributed by atoms with Crippen molar-refractivity contribution in [1.29, 1.82) is 5.26 Å². The molecule has 0 saturated carbocycles. The minimum atomic E-state index is -0.287. The van der Waals surface area contributed by atoms with Crippen LogP contribution in [0.25, 0.3) is 0 Å². The van der Waals surface area contributed by atoms with Gasteiger partial charge in [-0.25, -0.2) is 4.39 Å². The van der Waals surface area contributed by atoms with E-state index >= 15 is 0 Å². The number of benzene rings is 2. The Morgan fingerprint density at radius 2 is 2.05 bits per heavy atom. The number of aryl methyl sites for hydroxylation is 1. The molecule has 19 heavy (non-hydrogen) atoms. The number of rotatable bonds is 3. The van der Waals surface area contributed by atoms with Crippen LogP contribution in [0.3, 0.4) is 0 Å². The van der Waals surface area contributed by atoms with Gasteiger partial charge in [0.05, 0.1) is 17.3 Å². The SMILES string of the molecule is Cc1ccc(NCc2ccc(C#N)cc2Cl)c(F)c1. The Hall–Kier alpha value is -2.05. The van der Waals surface area contributed by atoms with Gasteiger partial charge in [0.2, 0.25) is 0 Å². The molecule has 96 valence electrons. The summed E-state index contributed by atoms with van der Waals surface area (Å²) < 4.78 is 13.6. The second kappa shape index (κ2) is 5.73. The highest BCUT2D eigenvalue weighted by Gasteiger charge is 2.05. The van der Waals surface area contributed by atoms with Gasteiger partial charge in [0.25, 0.3) is 0 Å². The smallest absolute Gasteiger partial charge is 0.146 e. The van der Waals surface area contributed by atoms with Crippen molar-refractivity contribution in [1.82, 2.24) is 0 Å². The fraction of sp³-hybridized carbons (Fsp3) is 0.133. The Kier molecular flexibility index (Phi) is 4.03. The fourth-order valence-electron chi connectivity index (χ4n) is 1.71. The first-order chi connectivity index (χ1) is 9.10. The Morgan fingerprint density at radius 1 is 1.26 bits per heavy atom. The van der Waals surface area contributed by atoms with E-state index in [1.165, 1.54) is 6.07 Å². The lowest BCUT2D eigenvalue weighted by molar-refractivity contribution is 0.629. The zero-order valence-corrected chi connectivity index (χ0v) is 11.1. The predicted octanol–water partition coefficient (Wildman–Crippen LogP) is 4.27. The normalized spacial score (nSPS) is 10.0. The number of hydrogen-bond donors (Lipinski definition) is 1. The summed E-state index contributed by atoms with van der Waals surface area (Å²) >= 11 is 6.05. The minimum absolute atomic E-state index is 0.287. The number of hydrogen-bond acceptors (Lipinski definition) is 2. The molecule has 4 heteroatoms. The lowest BCUT2D eigenvalue weighted by Gasteiger charge is -2.09. The van der Waals surface area contributed by atoms with Crippen LogP contribution in [-0.4, -0.2) is 0 Å². The molecule has 0 spiro atoms. The van der Waals surface area contributed by atoms with E-state index in [0.29, 0.717) is 22.8 Å². The Morgan fingerprint density at radius 3 is 2.68 bits per heavy atom. The number of nitriles is 1. The molecule has 1 N–H and O–H groups in total. The standard InChI is InChI=1S/C15H12ClFN2/c1-10-2-5-15(14(17)6-10)19-9-12-4-3-11(8-18)7-13(12)16/h2-7,19H,9H2,1H3. The summed E-state index contributed by atoms with van der Waals surface area (Å²) in [6, 6.07) is 12.1. The number of nitrogens with zero attached hydrogens (tertiary/aromatic N) is 1. The van der Waals surface area contributed by atoms with Crippen molar-refractivity contribution in [3.63, 3.8) is 0 Å². The molecule has 2 rings (SSSR count). The summed E-state index contributed by atoms with van der Waals surface area (Å²) in [4.78, 5) is 0. The van der Waals surface area contributed by atoms with Crippen LogP contribution in [0, 0.1) is 24.1 Å². The third kappa shape index (κ3) is 3.24. The molecule has 0 bridgehead atoms. The number of nitrogens with one attached hydrogen (secondary N) is 1. The van der Waals surface area contributed by atoms with Crippen molar-refractivity contribution in [2.45, 2.75) is 13.5 Å². The molecule has 0 aromatic heterocycles. The molecule has 0 radical (unpaired) electrons. The summed E-state index contributed by atoms with van der Waals surface area (Å²) in [5.41, 5.74) is 2.64. The van der Waals surface area contributed by atoms with E-state index in [1.807, 2.05) is 19.1 Å². The molecular weight excluding hydrogens is 263 g/mol. The van der Waals surface area contributed by atoms with Crippen molar-refractivity contribution < 1.29 is 4.39 Å². The predicted molar refractivity (Wildman–Crippen MR) is 74.6 cm³/mol. The average molecular weight is 275 g/mol. The quantitative estimate of drug-likeness (QED) is 0.907. The third-order valence-corrected chi connectivity index (χ3v) is 3.13. The summed E-state index contributed by atoms with van der Waals surface area (Å²) in [6.45, 7) is 2.24. The zero-order chi connectivity index (χ0) is 13.8. The van der Waals surface area contributed by atoms with Gasteiger partial charge in [0.15, 0.2) is 0 Å². The molecule has 2 aromatic rings. The van der Waals surface area contributed by atoms with E-state index in [4.69, 9.17) is 16.9 Å². The molecule has 0 aliphatic rings. The van der Waals surface area contributed by atoms with Gasteiger partial charge in [0, 0.05) is 11.6 Å². The molecule has 2 nitrogen and oxygen atoms in total. The monoisotopic (exact) mass is 274 g/mol. The van der Waals surface area contributed by atoms with Gasteiger partial charge in [-0.2, -0.15) is 5.26 Å². The molecular formula is C15H12ClFN2. The van der Waals surface area contributed by atoms with Crippen molar-refractivity contribution in [3.8, 4) is 6.07 Å². The first-order valence-corrected chi connectivity index (χ1v) is 6.16. The van der Waals surface area contributed by atoms with Crippen LogP contribution in [-0.2, 0) is 6.54 Å². The van der Waals surface area contributed by atoms with Crippen molar-refractivity contribution >= 4 is 17.3 Å². The maximum absolute atomic E-state index is 13.6. The first-order valence-electron chi connectivity index (χ1n) is 5.78. The highest BCUT2D eigenvalue weighted by Crippen LogP contribution is 2.21.